The molecule has 0 radical (unpaired) electrons. The van der Waals surface area contributed by atoms with E-state index >= 15 is 0 Å². The maximum Gasteiger partial charge on any atom is 0.283 e. The summed E-state index contributed by atoms with van der Waals surface area (Å²) in [6, 6.07) is 7.37. The number of rotatable bonds is 1. The van der Waals surface area contributed by atoms with Crippen molar-refractivity contribution in [3.63, 3.8) is 0 Å². The van der Waals surface area contributed by atoms with Gasteiger partial charge in [-0.1, -0.05) is 38.1 Å². The minimum Gasteiger partial charge on any atom is -0.387 e. The first kappa shape index (κ1) is 18.4. The van der Waals surface area contributed by atoms with Gasteiger partial charge in [0, 0.05) is 48.3 Å². The van der Waals surface area contributed by atoms with Gasteiger partial charge in [-0.15, -0.1) is 0 Å². The van der Waals surface area contributed by atoms with E-state index in [1.54, 1.807) is 6.20 Å². The number of fused-ring (bicyclic) bond motifs is 5. The molecule has 2 fully saturated rings. The number of aliphatic hydroxyl groups is 1. The highest BCUT2D eigenvalue weighted by atomic mass is 16.5. The molecule has 2 aromatic rings. The number of benzene rings is 1. The van der Waals surface area contributed by atoms with Crippen molar-refractivity contribution in [2.75, 3.05) is 13.7 Å². The van der Waals surface area contributed by atoms with Gasteiger partial charge in [-0.3, -0.25) is 9.59 Å². The number of methoxy groups -OCH3 is 1. The molecule has 1 aromatic heterocycles. The number of allylic oxidation sites excluding steroid dienone is 1. The molecule has 0 unspecified atom stereocenters. The van der Waals surface area contributed by atoms with Gasteiger partial charge in [0.15, 0.2) is 0 Å². The van der Waals surface area contributed by atoms with Crippen LogP contribution in [0.2, 0.25) is 0 Å². The second kappa shape index (κ2) is 5.93. The monoisotopic (exact) mass is 395 g/mol. The van der Waals surface area contributed by atoms with E-state index in [9.17, 15) is 14.7 Å². The van der Waals surface area contributed by atoms with Crippen LogP contribution in [0.3, 0.4) is 0 Å². The molecule has 152 valence electrons. The van der Waals surface area contributed by atoms with Crippen molar-refractivity contribution in [3.8, 4) is 0 Å². The van der Waals surface area contributed by atoms with Crippen LogP contribution in [0.4, 0.5) is 0 Å². The van der Waals surface area contributed by atoms with Gasteiger partial charge in [0.25, 0.3) is 11.6 Å². The summed E-state index contributed by atoms with van der Waals surface area (Å²) in [6.07, 6.45) is 3.32. The molecule has 3 aliphatic rings. The van der Waals surface area contributed by atoms with Crippen molar-refractivity contribution in [2.24, 2.45) is 0 Å². The Labute approximate surface area is 168 Å². The highest BCUT2D eigenvalue weighted by molar-refractivity contribution is 6.01. The number of H-pyrrole nitrogens is 1. The lowest BCUT2D eigenvalue weighted by atomic mass is 9.82. The lowest BCUT2D eigenvalue weighted by Gasteiger charge is -2.48. The number of carbonyl (C=O) groups is 2. The number of piperazine rings is 1. The Balaban J connectivity index is 1.69. The Morgan fingerprint density at radius 1 is 1.24 bits per heavy atom. The Bertz CT molecular complexity index is 1060. The molecule has 2 saturated heterocycles. The zero-order chi connectivity index (χ0) is 20.6. The summed E-state index contributed by atoms with van der Waals surface area (Å²) in [7, 11) is 1.38. The SMILES string of the molecule is CO[C@]12C(=O)N3/C=C\C(C)(C)c4[nH]c5ccccc5c4C[C@H]3C(=O)N1CC[C@H]2O. The molecular formula is C22H25N3O4. The first-order valence-electron chi connectivity index (χ1n) is 9.98. The lowest BCUT2D eigenvalue weighted by molar-refractivity contribution is -0.210. The van der Waals surface area contributed by atoms with E-state index < -0.39 is 17.9 Å². The summed E-state index contributed by atoms with van der Waals surface area (Å²) in [5.74, 6) is -0.575. The fourth-order valence-electron chi connectivity index (χ4n) is 5.15. The Morgan fingerprint density at radius 2 is 2.00 bits per heavy atom. The Hall–Kier alpha value is -2.64. The average molecular weight is 395 g/mol. The quantitative estimate of drug-likeness (QED) is 0.769. The largest absolute Gasteiger partial charge is 0.387 e. The van der Waals surface area contributed by atoms with Gasteiger partial charge in [0.05, 0.1) is 0 Å². The third kappa shape index (κ3) is 2.25. The summed E-state index contributed by atoms with van der Waals surface area (Å²) in [5, 5.41) is 11.6. The fraction of sp³-hybridized carbons (Fsp3) is 0.455. The highest BCUT2D eigenvalue weighted by Crippen LogP contribution is 2.42. The summed E-state index contributed by atoms with van der Waals surface area (Å²) in [4.78, 5) is 33.4. The van der Waals surface area contributed by atoms with Crippen LogP contribution >= 0.6 is 0 Å². The smallest absolute Gasteiger partial charge is 0.283 e. The molecule has 7 nitrogen and oxygen atoms in total. The van der Waals surface area contributed by atoms with Gasteiger partial charge < -0.3 is 24.6 Å². The zero-order valence-electron chi connectivity index (χ0n) is 16.8. The molecular weight excluding hydrogens is 370 g/mol. The molecule has 4 heterocycles. The van der Waals surface area contributed by atoms with Gasteiger partial charge in [-0.2, -0.15) is 0 Å². The number of aliphatic hydroxyl groups excluding tert-OH is 1. The molecule has 0 aliphatic carbocycles. The van der Waals surface area contributed by atoms with Gasteiger partial charge in [-0.25, -0.2) is 0 Å². The molecule has 0 spiro atoms. The average Bonchev–Trinajstić information content (AvgIpc) is 3.24. The van der Waals surface area contributed by atoms with E-state index in [1.165, 1.54) is 16.9 Å². The van der Waals surface area contributed by atoms with Crippen LogP contribution < -0.4 is 0 Å². The number of aromatic nitrogens is 1. The number of hydrogen-bond donors (Lipinski definition) is 2. The number of ether oxygens (including phenoxy) is 1. The second-order valence-electron chi connectivity index (χ2n) is 8.69. The van der Waals surface area contributed by atoms with Crippen LogP contribution in [0.1, 0.15) is 31.5 Å². The minimum atomic E-state index is -1.63. The fourth-order valence-corrected chi connectivity index (χ4v) is 5.15. The Morgan fingerprint density at radius 3 is 2.76 bits per heavy atom. The molecule has 2 amide bonds. The standard InChI is InChI=1S/C22H25N3O4/c1-21(2)9-11-24-16(12-14-13-6-4-5-7-15(13)23-18(14)21)19(27)25-10-8-17(26)22(25,29-3)20(24)28/h4-7,9,11,16-17,23,26H,8,10,12H2,1-3H3/b11-9-/t16-,17+,22+/m0/s1. The molecule has 3 aliphatic heterocycles. The lowest BCUT2D eigenvalue weighted by Crippen LogP contribution is -2.72. The normalized spacial score (nSPS) is 31.9. The van der Waals surface area contributed by atoms with Crippen molar-refractivity contribution in [1.29, 1.82) is 0 Å². The molecule has 7 heteroatoms. The van der Waals surface area contributed by atoms with E-state index in [-0.39, 0.29) is 17.2 Å². The van der Waals surface area contributed by atoms with E-state index in [2.05, 4.69) is 18.8 Å². The summed E-state index contributed by atoms with van der Waals surface area (Å²) in [6.45, 7) is 4.47. The Kier molecular flexibility index (Phi) is 3.76. The van der Waals surface area contributed by atoms with Gasteiger partial charge >= 0.3 is 0 Å². The highest BCUT2D eigenvalue weighted by Gasteiger charge is 2.63. The van der Waals surface area contributed by atoms with Gasteiger partial charge in [0.1, 0.15) is 12.1 Å². The predicted octanol–water partition coefficient (Wildman–Crippen LogP) is 1.66. The number of aromatic amines is 1. The van der Waals surface area contributed by atoms with Crippen molar-refractivity contribution in [3.05, 3.63) is 47.8 Å². The van der Waals surface area contributed by atoms with Crippen LogP contribution in [0, 0.1) is 0 Å². The van der Waals surface area contributed by atoms with Gasteiger partial charge in [0.2, 0.25) is 5.91 Å². The van der Waals surface area contributed by atoms with E-state index in [0.717, 1.165) is 22.2 Å². The molecule has 1 aromatic carbocycles. The number of nitrogens with one attached hydrogen (secondary N) is 1. The maximum absolute atomic E-state index is 13.5. The number of carbonyl (C=O) groups excluding carboxylic acids is 2. The predicted molar refractivity (Wildman–Crippen MR) is 107 cm³/mol. The van der Waals surface area contributed by atoms with Crippen molar-refractivity contribution < 1.29 is 19.4 Å². The third-order valence-corrected chi connectivity index (χ3v) is 6.73. The van der Waals surface area contributed by atoms with Crippen LogP contribution in [-0.2, 0) is 26.2 Å². The zero-order valence-corrected chi connectivity index (χ0v) is 16.8. The first-order chi connectivity index (χ1) is 13.8. The van der Waals surface area contributed by atoms with Crippen LogP contribution in [-0.4, -0.2) is 63.2 Å². The summed E-state index contributed by atoms with van der Waals surface area (Å²) >= 11 is 0. The van der Waals surface area contributed by atoms with Gasteiger partial charge in [-0.05, 0) is 18.1 Å². The first-order valence-corrected chi connectivity index (χ1v) is 9.98. The third-order valence-electron chi connectivity index (χ3n) is 6.73. The summed E-state index contributed by atoms with van der Waals surface area (Å²) in [5.41, 5.74) is 1.12. The van der Waals surface area contributed by atoms with Crippen LogP contribution in [0.15, 0.2) is 36.5 Å². The number of para-hydroxylation sites is 1. The van der Waals surface area contributed by atoms with E-state index in [4.69, 9.17) is 4.74 Å². The van der Waals surface area contributed by atoms with Crippen LogP contribution in [0.5, 0.6) is 0 Å². The van der Waals surface area contributed by atoms with E-state index in [1.807, 2.05) is 30.3 Å². The second-order valence-corrected chi connectivity index (χ2v) is 8.69. The van der Waals surface area contributed by atoms with E-state index in [0.29, 0.717) is 19.4 Å². The van der Waals surface area contributed by atoms with Crippen molar-refractivity contribution >= 4 is 22.7 Å². The number of amides is 2. The summed E-state index contributed by atoms with van der Waals surface area (Å²) < 4.78 is 5.52. The number of nitrogens with zero attached hydrogens (tertiary/aromatic N) is 2. The minimum absolute atomic E-state index is 0.191. The van der Waals surface area contributed by atoms with Crippen molar-refractivity contribution in [2.45, 2.75) is 50.0 Å². The van der Waals surface area contributed by atoms with Crippen LogP contribution in [0.25, 0.3) is 10.9 Å². The maximum atomic E-state index is 13.5. The van der Waals surface area contributed by atoms with Crippen molar-refractivity contribution in [1.82, 2.24) is 14.8 Å². The molecule has 2 N–H and O–H groups in total. The molecule has 5 rings (SSSR count). The molecule has 0 saturated carbocycles. The molecule has 3 atom stereocenters. The topological polar surface area (TPSA) is 85.9 Å². The molecule has 0 bridgehead atoms. The number of hydrogen-bond acceptors (Lipinski definition) is 4. The molecule has 29 heavy (non-hydrogen) atoms.